The molecule has 3 rings (SSSR count). The molecule has 0 atom stereocenters. The number of ether oxygens (including phenoxy) is 1. The predicted molar refractivity (Wildman–Crippen MR) is 107 cm³/mol. The Balaban J connectivity index is 1.91. The van der Waals surface area contributed by atoms with Gasteiger partial charge in [0.2, 0.25) is 5.95 Å². The molecule has 3 aromatic rings. The molecule has 0 fully saturated rings. The molecule has 0 saturated heterocycles. The van der Waals surface area contributed by atoms with Gasteiger partial charge in [-0.2, -0.15) is 10.2 Å². The minimum atomic E-state index is 0.532. The summed E-state index contributed by atoms with van der Waals surface area (Å²) in [4.78, 5) is 9.16. The lowest BCUT2D eigenvalue weighted by molar-refractivity contribution is 0.197. The molecule has 0 spiro atoms. The van der Waals surface area contributed by atoms with Gasteiger partial charge >= 0.3 is 0 Å². The van der Waals surface area contributed by atoms with Crippen LogP contribution in [0.3, 0.4) is 0 Å². The Hall–Kier alpha value is -3.43. The summed E-state index contributed by atoms with van der Waals surface area (Å²) in [6, 6.07) is 21.3. The molecule has 0 amide bonds. The first-order chi connectivity index (χ1) is 13.3. The Labute approximate surface area is 158 Å². The number of anilines is 3. The minimum absolute atomic E-state index is 0.532. The molecule has 0 saturated carbocycles. The summed E-state index contributed by atoms with van der Waals surface area (Å²) < 4.78 is 5.08. The van der Waals surface area contributed by atoms with Crippen molar-refractivity contribution in [3.8, 4) is 17.3 Å². The highest BCUT2D eigenvalue weighted by molar-refractivity contribution is 5.69. The summed E-state index contributed by atoms with van der Waals surface area (Å²) in [5.74, 6) is 1.16. The monoisotopic (exact) mass is 359 g/mol. The van der Waals surface area contributed by atoms with Gasteiger partial charge in [0.15, 0.2) is 0 Å². The van der Waals surface area contributed by atoms with Crippen molar-refractivity contribution < 1.29 is 4.74 Å². The van der Waals surface area contributed by atoms with Gasteiger partial charge in [-0.3, -0.25) is 0 Å². The Morgan fingerprint density at radius 1 is 1.04 bits per heavy atom. The smallest absolute Gasteiger partial charge is 0.225 e. The number of nitriles is 1. The third-order valence-electron chi connectivity index (χ3n) is 3.91. The van der Waals surface area contributed by atoms with E-state index in [2.05, 4.69) is 26.7 Å². The molecule has 1 aromatic heterocycles. The molecule has 6 heteroatoms. The van der Waals surface area contributed by atoms with Gasteiger partial charge in [0.25, 0.3) is 0 Å². The highest BCUT2D eigenvalue weighted by atomic mass is 16.5. The molecule has 2 N–H and O–H groups in total. The van der Waals surface area contributed by atoms with Crippen molar-refractivity contribution >= 4 is 17.5 Å². The third kappa shape index (κ3) is 5.03. The van der Waals surface area contributed by atoms with Gasteiger partial charge in [-0.1, -0.05) is 42.5 Å². The molecule has 0 radical (unpaired) electrons. The molecule has 0 aliphatic rings. The summed E-state index contributed by atoms with van der Waals surface area (Å²) in [5, 5.41) is 15.8. The molecule has 27 heavy (non-hydrogen) atoms. The van der Waals surface area contributed by atoms with E-state index in [1.807, 2.05) is 54.6 Å². The SMILES string of the molecule is COCCCNc1nc(Nc2ccccc2C#N)cc(-c2ccccc2)n1. The fourth-order valence-electron chi connectivity index (χ4n) is 2.59. The van der Waals surface area contributed by atoms with Gasteiger partial charge in [-0.25, -0.2) is 4.98 Å². The van der Waals surface area contributed by atoms with Crippen molar-refractivity contribution in [2.75, 3.05) is 30.9 Å². The molecule has 6 nitrogen and oxygen atoms in total. The maximum atomic E-state index is 9.30. The molecule has 1 heterocycles. The topological polar surface area (TPSA) is 82.9 Å². The lowest BCUT2D eigenvalue weighted by Gasteiger charge is -2.12. The zero-order valence-electron chi connectivity index (χ0n) is 15.1. The van der Waals surface area contributed by atoms with E-state index >= 15 is 0 Å². The minimum Gasteiger partial charge on any atom is -0.385 e. The number of methoxy groups -OCH3 is 1. The Morgan fingerprint density at radius 3 is 2.59 bits per heavy atom. The standard InChI is InChI=1S/C21H21N5O/c1-27-13-7-12-23-21-25-19(16-8-3-2-4-9-16)14-20(26-21)24-18-11-6-5-10-17(18)15-22/h2-6,8-11,14H,7,12-13H2,1H3,(H2,23,24,25,26). The van der Waals surface area contributed by atoms with Crippen LogP contribution in [-0.2, 0) is 4.74 Å². The fraction of sp³-hybridized carbons (Fsp3) is 0.190. The van der Waals surface area contributed by atoms with E-state index in [9.17, 15) is 5.26 Å². The molecular weight excluding hydrogens is 338 g/mol. The van der Waals surface area contributed by atoms with E-state index < -0.39 is 0 Å². The number of aromatic nitrogens is 2. The van der Waals surface area contributed by atoms with Crippen LogP contribution in [0.4, 0.5) is 17.5 Å². The van der Waals surface area contributed by atoms with E-state index in [1.165, 1.54) is 0 Å². The lowest BCUT2D eigenvalue weighted by atomic mass is 10.1. The second kappa shape index (κ2) is 9.32. The Bertz CT molecular complexity index is 921. The second-order valence-electron chi connectivity index (χ2n) is 5.88. The van der Waals surface area contributed by atoms with Crippen LogP contribution in [0.2, 0.25) is 0 Å². The first-order valence-electron chi connectivity index (χ1n) is 8.73. The normalized spacial score (nSPS) is 10.2. The summed E-state index contributed by atoms with van der Waals surface area (Å²) in [6.07, 6.45) is 0.857. The number of nitrogens with one attached hydrogen (secondary N) is 2. The average Bonchev–Trinajstić information content (AvgIpc) is 2.72. The van der Waals surface area contributed by atoms with Crippen LogP contribution >= 0.6 is 0 Å². The number of rotatable bonds is 8. The van der Waals surface area contributed by atoms with Crippen LogP contribution in [-0.4, -0.2) is 30.2 Å². The molecule has 0 aliphatic heterocycles. The number of benzene rings is 2. The molecule has 0 aliphatic carbocycles. The van der Waals surface area contributed by atoms with E-state index in [4.69, 9.17) is 4.74 Å². The van der Waals surface area contributed by atoms with Crippen molar-refractivity contribution in [2.45, 2.75) is 6.42 Å². The van der Waals surface area contributed by atoms with Gasteiger partial charge in [0, 0.05) is 31.9 Å². The van der Waals surface area contributed by atoms with Crippen LogP contribution in [0, 0.1) is 11.3 Å². The van der Waals surface area contributed by atoms with Crippen molar-refractivity contribution in [2.24, 2.45) is 0 Å². The van der Waals surface area contributed by atoms with Crippen molar-refractivity contribution in [3.63, 3.8) is 0 Å². The van der Waals surface area contributed by atoms with E-state index in [0.29, 0.717) is 36.2 Å². The van der Waals surface area contributed by atoms with Gasteiger partial charge in [-0.05, 0) is 18.6 Å². The zero-order chi connectivity index (χ0) is 18.9. The Kier molecular flexibility index (Phi) is 6.34. The highest BCUT2D eigenvalue weighted by Crippen LogP contribution is 2.25. The van der Waals surface area contributed by atoms with Gasteiger partial charge in [-0.15, -0.1) is 0 Å². The van der Waals surface area contributed by atoms with Crippen LogP contribution in [0.1, 0.15) is 12.0 Å². The fourth-order valence-corrected chi connectivity index (χ4v) is 2.59. The van der Waals surface area contributed by atoms with Gasteiger partial charge < -0.3 is 15.4 Å². The van der Waals surface area contributed by atoms with Crippen molar-refractivity contribution in [3.05, 3.63) is 66.2 Å². The largest absolute Gasteiger partial charge is 0.385 e. The van der Waals surface area contributed by atoms with Crippen LogP contribution in [0.5, 0.6) is 0 Å². The maximum Gasteiger partial charge on any atom is 0.225 e. The zero-order valence-corrected chi connectivity index (χ0v) is 15.1. The average molecular weight is 359 g/mol. The number of hydrogen-bond acceptors (Lipinski definition) is 6. The van der Waals surface area contributed by atoms with E-state index in [-0.39, 0.29) is 0 Å². The molecule has 2 aromatic carbocycles. The van der Waals surface area contributed by atoms with Crippen LogP contribution < -0.4 is 10.6 Å². The highest BCUT2D eigenvalue weighted by Gasteiger charge is 2.09. The van der Waals surface area contributed by atoms with Crippen molar-refractivity contribution in [1.82, 2.24) is 9.97 Å². The van der Waals surface area contributed by atoms with E-state index in [0.717, 1.165) is 17.7 Å². The number of nitrogens with zero attached hydrogens (tertiary/aromatic N) is 3. The first kappa shape index (κ1) is 18.4. The summed E-state index contributed by atoms with van der Waals surface area (Å²) in [6.45, 7) is 1.38. The maximum absolute atomic E-state index is 9.30. The van der Waals surface area contributed by atoms with Crippen LogP contribution in [0.15, 0.2) is 60.7 Å². The number of hydrogen-bond donors (Lipinski definition) is 2. The number of para-hydroxylation sites is 1. The van der Waals surface area contributed by atoms with Crippen LogP contribution in [0.25, 0.3) is 11.3 Å². The molecule has 136 valence electrons. The van der Waals surface area contributed by atoms with Crippen molar-refractivity contribution in [1.29, 1.82) is 5.26 Å². The summed E-state index contributed by atoms with van der Waals surface area (Å²) in [7, 11) is 1.68. The quantitative estimate of drug-likeness (QED) is 0.586. The second-order valence-corrected chi connectivity index (χ2v) is 5.88. The summed E-state index contributed by atoms with van der Waals surface area (Å²) >= 11 is 0. The lowest BCUT2D eigenvalue weighted by Crippen LogP contribution is -2.09. The van der Waals surface area contributed by atoms with E-state index in [1.54, 1.807) is 13.2 Å². The first-order valence-corrected chi connectivity index (χ1v) is 8.73. The van der Waals surface area contributed by atoms with Gasteiger partial charge in [0.05, 0.1) is 16.9 Å². The molecule has 0 bridgehead atoms. The Morgan fingerprint density at radius 2 is 1.81 bits per heavy atom. The molecule has 0 unspecified atom stereocenters. The molecular formula is C21H21N5O. The summed E-state index contributed by atoms with van der Waals surface area (Å²) in [5.41, 5.74) is 3.07. The van der Waals surface area contributed by atoms with Gasteiger partial charge in [0.1, 0.15) is 11.9 Å². The predicted octanol–water partition coefficient (Wildman–Crippen LogP) is 4.21. The third-order valence-corrected chi connectivity index (χ3v) is 3.91.